The van der Waals surface area contributed by atoms with Crippen molar-refractivity contribution in [2.45, 2.75) is 25.8 Å². The van der Waals surface area contributed by atoms with Gasteiger partial charge in [0.25, 0.3) is 0 Å². The fourth-order valence-corrected chi connectivity index (χ4v) is 3.97. The Balaban J connectivity index is 1.59. The Morgan fingerprint density at radius 3 is 3.28 bits per heavy atom. The van der Waals surface area contributed by atoms with E-state index in [0.29, 0.717) is 6.04 Å². The van der Waals surface area contributed by atoms with E-state index in [1.165, 1.54) is 29.1 Å². The maximum absolute atomic E-state index is 5.55. The minimum absolute atomic E-state index is 0.446. The summed E-state index contributed by atoms with van der Waals surface area (Å²) in [6, 6.07) is 7.08. The molecular weight excluding hydrogens is 242 g/mol. The molecule has 2 heterocycles. The second-order valence-electron chi connectivity index (χ2n) is 5.33. The van der Waals surface area contributed by atoms with Crippen LogP contribution >= 0.6 is 11.8 Å². The van der Waals surface area contributed by atoms with E-state index in [1.807, 2.05) is 0 Å². The van der Waals surface area contributed by atoms with E-state index in [1.54, 1.807) is 0 Å². The van der Waals surface area contributed by atoms with E-state index in [2.05, 4.69) is 42.2 Å². The first-order valence-electron chi connectivity index (χ1n) is 6.89. The van der Waals surface area contributed by atoms with Crippen LogP contribution in [0.3, 0.4) is 0 Å². The first-order valence-corrected chi connectivity index (χ1v) is 8.05. The zero-order chi connectivity index (χ0) is 12.4. The van der Waals surface area contributed by atoms with Gasteiger partial charge in [-0.25, -0.2) is 0 Å². The van der Waals surface area contributed by atoms with E-state index in [-0.39, 0.29) is 0 Å². The second-order valence-corrected chi connectivity index (χ2v) is 6.48. The van der Waals surface area contributed by atoms with E-state index in [4.69, 9.17) is 4.74 Å². The van der Waals surface area contributed by atoms with Crippen molar-refractivity contribution in [3.8, 4) is 5.75 Å². The van der Waals surface area contributed by atoms with Gasteiger partial charge in [-0.05, 0) is 54.5 Å². The van der Waals surface area contributed by atoms with Gasteiger partial charge < -0.3 is 10.1 Å². The SMILES string of the molecule is CC(NCC1CCSC1)c1ccc2c(c1)CCO2. The highest BCUT2D eigenvalue weighted by Crippen LogP contribution is 2.28. The standard InChI is InChI=1S/C15H21NOS/c1-11(16-9-12-5-7-18-10-12)13-2-3-15-14(8-13)4-6-17-15/h2-3,8,11-12,16H,4-7,9-10H2,1H3. The molecule has 1 fully saturated rings. The quantitative estimate of drug-likeness (QED) is 0.902. The smallest absolute Gasteiger partial charge is 0.122 e. The van der Waals surface area contributed by atoms with Gasteiger partial charge in [-0.2, -0.15) is 11.8 Å². The predicted molar refractivity (Wildman–Crippen MR) is 77.5 cm³/mol. The van der Waals surface area contributed by atoms with Crippen molar-refractivity contribution < 1.29 is 4.74 Å². The van der Waals surface area contributed by atoms with Crippen molar-refractivity contribution in [2.75, 3.05) is 24.7 Å². The summed E-state index contributed by atoms with van der Waals surface area (Å²) in [5, 5.41) is 3.68. The van der Waals surface area contributed by atoms with Crippen LogP contribution < -0.4 is 10.1 Å². The number of ether oxygens (including phenoxy) is 1. The maximum atomic E-state index is 5.55. The second kappa shape index (κ2) is 5.54. The fourth-order valence-electron chi connectivity index (χ4n) is 2.68. The topological polar surface area (TPSA) is 21.3 Å². The summed E-state index contributed by atoms with van der Waals surface area (Å²) in [5.41, 5.74) is 2.77. The molecule has 0 bridgehead atoms. The maximum Gasteiger partial charge on any atom is 0.122 e. The summed E-state index contributed by atoms with van der Waals surface area (Å²) in [4.78, 5) is 0. The molecule has 0 radical (unpaired) electrons. The number of hydrogen-bond donors (Lipinski definition) is 1. The van der Waals surface area contributed by atoms with Crippen molar-refractivity contribution >= 4 is 11.8 Å². The molecule has 3 rings (SSSR count). The number of rotatable bonds is 4. The minimum Gasteiger partial charge on any atom is -0.493 e. The highest BCUT2D eigenvalue weighted by Gasteiger charge is 2.18. The lowest BCUT2D eigenvalue weighted by molar-refractivity contribution is 0.356. The Labute approximate surface area is 113 Å². The van der Waals surface area contributed by atoms with Crippen LogP contribution in [0.15, 0.2) is 18.2 Å². The first kappa shape index (κ1) is 12.4. The Hall–Kier alpha value is -0.670. The molecule has 0 spiro atoms. The van der Waals surface area contributed by atoms with Crippen molar-refractivity contribution in [3.05, 3.63) is 29.3 Å². The van der Waals surface area contributed by atoms with Crippen LogP contribution in [-0.4, -0.2) is 24.7 Å². The van der Waals surface area contributed by atoms with Gasteiger partial charge in [0.1, 0.15) is 5.75 Å². The van der Waals surface area contributed by atoms with E-state index >= 15 is 0 Å². The van der Waals surface area contributed by atoms with Gasteiger partial charge in [-0.3, -0.25) is 0 Å². The molecule has 2 atom stereocenters. The van der Waals surface area contributed by atoms with Crippen LogP contribution in [0.2, 0.25) is 0 Å². The lowest BCUT2D eigenvalue weighted by Gasteiger charge is -2.17. The molecule has 1 saturated heterocycles. The third-order valence-corrected chi connectivity index (χ3v) is 5.18. The molecule has 1 N–H and O–H groups in total. The van der Waals surface area contributed by atoms with Gasteiger partial charge in [0.15, 0.2) is 0 Å². The van der Waals surface area contributed by atoms with Gasteiger partial charge in [0.2, 0.25) is 0 Å². The summed E-state index contributed by atoms with van der Waals surface area (Å²) in [6.07, 6.45) is 2.44. The summed E-state index contributed by atoms with van der Waals surface area (Å²) in [7, 11) is 0. The Morgan fingerprint density at radius 2 is 2.44 bits per heavy atom. The summed E-state index contributed by atoms with van der Waals surface area (Å²) in [6.45, 7) is 4.27. The molecule has 1 aromatic rings. The molecule has 2 aliphatic rings. The molecule has 0 aromatic heterocycles. The Kier molecular flexibility index (Phi) is 3.80. The number of thioether (sulfide) groups is 1. The van der Waals surface area contributed by atoms with Crippen LogP contribution in [0.5, 0.6) is 5.75 Å². The largest absolute Gasteiger partial charge is 0.493 e. The van der Waals surface area contributed by atoms with Gasteiger partial charge in [0, 0.05) is 12.5 Å². The zero-order valence-corrected chi connectivity index (χ0v) is 11.8. The number of benzene rings is 1. The van der Waals surface area contributed by atoms with Crippen LogP contribution in [0.25, 0.3) is 0 Å². The molecule has 98 valence electrons. The fraction of sp³-hybridized carbons (Fsp3) is 0.600. The predicted octanol–water partition coefficient (Wildman–Crippen LogP) is 3.03. The first-order chi connectivity index (χ1) is 8.83. The highest BCUT2D eigenvalue weighted by atomic mass is 32.2. The average Bonchev–Trinajstić information content (AvgIpc) is 3.05. The van der Waals surface area contributed by atoms with Gasteiger partial charge >= 0.3 is 0 Å². The molecule has 1 aromatic carbocycles. The molecule has 2 aliphatic heterocycles. The normalized spacial score (nSPS) is 23.7. The van der Waals surface area contributed by atoms with E-state index < -0.39 is 0 Å². The number of hydrogen-bond acceptors (Lipinski definition) is 3. The molecule has 0 saturated carbocycles. The van der Waals surface area contributed by atoms with Crippen molar-refractivity contribution in [2.24, 2.45) is 5.92 Å². The molecule has 3 heteroatoms. The number of nitrogens with one attached hydrogen (secondary N) is 1. The summed E-state index contributed by atoms with van der Waals surface area (Å²) >= 11 is 2.09. The summed E-state index contributed by atoms with van der Waals surface area (Å²) < 4.78 is 5.55. The minimum atomic E-state index is 0.446. The van der Waals surface area contributed by atoms with E-state index in [0.717, 1.165) is 31.2 Å². The zero-order valence-electron chi connectivity index (χ0n) is 10.9. The Morgan fingerprint density at radius 1 is 1.50 bits per heavy atom. The molecular formula is C15H21NOS. The van der Waals surface area contributed by atoms with Gasteiger partial charge in [0.05, 0.1) is 6.61 Å². The lowest BCUT2D eigenvalue weighted by Crippen LogP contribution is -2.25. The third-order valence-electron chi connectivity index (χ3n) is 3.95. The molecule has 0 amide bonds. The van der Waals surface area contributed by atoms with Gasteiger partial charge in [-0.15, -0.1) is 0 Å². The van der Waals surface area contributed by atoms with Gasteiger partial charge in [-0.1, -0.05) is 12.1 Å². The van der Waals surface area contributed by atoms with Crippen molar-refractivity contribution in [3.63, 3.8) is 0 Å². The van der Waals surface area contributed by atoms with E-state index in [9.17, 15) is 0 Å². The molecule has 2 unspecified atom stereocenters. The average molecular weight is 263 g/mol. The van der Waals surface area contributed by atoms with Crippen molar-refractivity contribution in [1.29, 1.82) is 0 Å². The number of fused-ring (bicyclic) bond motifs is 1. The van der Waals surface area contributed by atoms with Crippen LogP contribution in [0.1, 0.15) is 30.5 Å². The van der Waals surface area contributed by atoms with Crippen LogP contribution in [-0.2, 0) is 6.42 Å². The molecule has 18 heavy (non-hydrogen) atoms. The monoisotopic (exact) mass is 263 g/mol. The van der Waals surface area contributed by atoms with Crippen molar-refractivity contribution in [1.82, 2.24) is 5.32 Å². The summed E-state index contributed by atoms with van der Waals surface area (Å²) in [5.74, 6) is 4.63. The van der Waals surface area contributed by atoms with Crippen LogP contribution in [0, 0.1) is 5.92 Å². The third kappa shape index (κ3) is 2.67. The highest BCUT2D eigenvalue weighted by molar-refractivity contribution is 7.99. The molecule has 0 aliphatic carbocycles. The Bertz CT molecular complexity index is 415. The van der Waals surface area contributed by atoms with Crippen LogP contribution in [0.4, 0.5) is 0 Å². The lowest BCUT2D eigenvalue weighted by atomic mass is 10.0. The molecule has 2 nitrogen and oxygen atoms in total.